The van der Waals surface area contributed by atoms with Gasteiger partial charge in [-0.1, -0.05) is 20.8 Å². The van der Waals surface area contributed by atoms with E-state index in [0.717, 1.165) is 10.6 Å². The summed E-state index contributed by atoms with van der Waals surface area (Å²) in [6.45, 7) is 8.22. The predicted octanol–water partition coefficient (Wildman–Crippen LogP) is 3.03. The van der Waals surface area contributed by atoms with Crippen LogP contribution in [0.1, 0.15) is 39.5 Å². The molecule has 1 aromatic heterocycles. The molecule has 78 valence electrons. The second kappa shape index (κ2) is 4.32. The highest BCUT2D eigenvalue weighted by Gasteiger charge is 2.12. The standard InChI is InChI=1S/C11H17NOS/c1-8(13)10-6-5-9(7-12-10)14-11(2,3)4/h5-8,13H,1-4H3/t8-/m1/s1. The Kier molecular flexibility index (Phi) is 3.56. The van der Waals surface area contributed by atoms with Crippen LogP contribution in [0.25, 0.3) is 0 Å². The Balaban J connectivity index is 2.74. The molecule has 1 rings (SSSR count). The molecular formula is C11H17NOS. The molecule has 0 saturated heterocycles. The van der Waals surface area contributed by atoms with Crippen molar-refractivity contribution in [3.05, 3.63) is 24.0 Å². The van der Waals surface area contributed by atoms with Gasteiger partial charge in [-0.3, -0.25) is 4.98 Å². The fourth-order valence-electron chi connectivity index (χ4n) is 1.05. The maximum Gasteiger partial charge on any atom is 0.0931 e. The summed E-state index contributed by atoms with van der Waals surface area (Å²) in [5.74, 6) is 0. The van der Waals surface area contributed by atoms with Gasteiger partial charge in [0.2, 0.25) is 0 Å². The van der Waals surface area contributed by atoms with E-state index in [1.165, 1.54) is 0 Å². The summed E-state index contributed by atoms with van der Waals surface area (Å²) in [6.07, 6.45) is 1.33. The van der Waals surface area contributed by atoms with Gasteiger partial charge in [-0.2, -0.15) is 0 Å². The van der Waals surface area contributed by atoms with Crippen molar-refractivity contribution in [2.75, 3.05) is 0 Å². The van der Waals surface area contributed by atoms with Crippen molar-refractivity contribution in [1.29, 1.82) is 0 Å². The van der Waals surface area contributed by atoms with Crippen molar-refractivity contribution in [1.82, 2.24) is 4.98 Å². The van der Waals surface area contributed by atoms with Crippen molar-refractivity contribution >= 4 is 11.8 Å². The molecule has 0 aromatic carbocycles. The lowest BCUT2D eigenvalue weighted by Gasteiger charge is -2.17. The van der Waals surface area contributed by atoms with E-state index in [0.29, 0.717) is 0 Å². The smallest absolute Gasteiger partial charge is 0.0931 e. The van der Waals surface area contributed by atoms with Gasteiger partial charge >= 0.3 is 0 Å². The van der Waals surface area contributed by atoms with Crippen molar-refractivity contribution in [2.24, 2.45) is 0 Å². The van der Waals surface area contributed by atoms with E-state index in [2.05, 4.69) is 25.8 Å². The molecule has 0 unspecified atom stereocenters. The highest BCUT2D eigenvalue weighted by molar-refractivity contribution is 8.00. The highest BCUT2D eigenvalue weighted by Crippen LogP contribution is 2.31. The van der Waals surface area contributed by atoms with Gasteiger partial charge in [-0.05, 0) is 19.1 Å². The first-order valence-electron chi connectivity index (χ1n) is 4.71. The van der Waals surface area contributed by atoms with Gasteiger partial charge in [0.05, 0.1) is 11.8 Å². The minimum Gasteiger partial charge on any atom is -0.387 e. The summed E-state index contributed by atoms with van der Waals surface area (Å²) in [5, 5.41) is 9.28. The SMILES string of the molecule is C[C@@H](O)c1ccc(SC(C)(C)C)cn1. The zero-order chi connectivity index (χ0) is 10.8. The zero-order valence-corrected chi connectivity index (χ0v) is 9.93. The highest BCUT2D eigenvalue weighted by atomic mass is 32.2. The minimum atomic E-state index is -0.483. The lowest BCUT2D eigenvalue weighted by atomic mass is 10.2. The lowest BCUT2D eigenvalue weighted by Crippen LogP contribution is -2.06. The van der Waals surface area contributed by atoms with Crippen LogP contribution in [0.5, 0.6) is 0 Å². The molecule has 0 aliphatic heterocycles. The third kappa shape index (κ3) is 3.68. The maximum absolute atomic E-state index is 9.28. The third-order valence-corrected chi connectivity index (χ3v) is 2.70. The van der Waals surface area contributed by atoms with Crippen LogP contribution in [-0.2, 0) is 0 Å². The van der Waals surface area contributed by atoms with Crippen LogP contribution in [0.4, 0.5) is 0 Å². The largest absolute Gasteiger partial charge is 0.387 e. The number of pyridine rings is 1. The van der Waals surface area contributed by atoms with E-state index in [-0.39, 0.29) is 4.75 Å². The maximum atomic E-state index is 9.28. The average Bonchev–Trinajstić information content (AvgIpc) is 2.02. The summed E-state index contributed by atoms with van der Waals surface area (Å²) in [7, 11) is 0. The predicted molar refractivity (Wildman–Crippen MR) is 60.5 cm³/mol. The van der Waals surface area contributed by atoms with E-state index in [4.69, 9.17) is 0 Å². The zero-order valence-electron chi connectivity index (χ0n) is 9.11. The van der Waals surface area contributed by atoms with Crippen LogP contribution in [0, 0.1) is 0 Å². The van der Waals surface area contributed by atoms with E-state index >= 15 is 0 Å². The van der Waals surface area contributed by atoms with Crippen LogP contribution in [0.15, 0.2) is 23.2 Å². The van der Waals surface area contributed by atoms with Crippen molar-refractivity contribution in [2.45, 2.75) is 43.4 Å². The molecule has 0 spiro atoms. The van der Waals surface area contributed by atoms with Gasteiger partial charge in [0.25, 0.3) is 0 Å². The molecule has 2 nitrogen and oxygen atoms in total. The van der Waals surface area contributed by atoms with Crippen LogP contribution >= 0.6 is 11.8 Å². The molecule has 0 fully saturated rings. The van der Waals surface area contributed by atoms with Crippen LogP contribution in [-0.4, -0.2) is 14.8 Å². The Labute approximate surface area is 89.8 Å². The Morgan fingerprint density at radius 2 is 2.00 bits per heavy atom. The van der Waals surface area contributed by atoms with Crippen molar-refractivity contribution < 1.29 is 5.11 Å². The molecule has 0 saturated carbocycles. The molecule has 14 heavy (non-hydrogen) atoms. The number of aliphatic hydroxyl groups is 1. The minimum absolute atomic E-state index is 0.202. The van der Waals surface area contributed by atoms with Crippen molar-refractivity contribution in [3.8, 4) is 0 Å². The second-order valence-corrected chi connectivity index (χ2v) is 6.21. The quantitative estimate of drug-likeness (QED) is 0.763. The van der Waals surface area contributed by atoms with Crippen LogP contribution in [0.3, 0.4) is 0 Å². The van der Waals surface area contributed by atoms with Crippen LogP contribution < -0.4 is 0 Å². The number of hydrogen-bond donors (Lipinski definition) is 1. The number of thioether (sulfide) groups is 1. The first-order valence-corrected chi connectivity index (χ1v) is 5.53. The van der Waals surface area contributed by atoms with Gasteiger partial charge in [-0.25, -0.2) is 0 Å². The molecule has 0 aliphatic carbocycles. The number of nitrogens with zero attached hydrogens (tertiary/aromatic N) is 1. The van der Waals surface area contributed by atoms with Gasteiger partial charge < -0.3 is 5.11 Å². The van der Waals surface area contributed by atoms with Crippen LogP contribution in [0.2, 0.25) is 0 Å². The third-order valence-electron chi connectivity index (χ3n) is 1.61. The number of aliphatic hydroxyl groups excluding tert-OH is 1. The molecule has 1 N–H and O–H groups in total. The van der Waals surface area contributed by atoms with E-state index in [1.807, 2.05) is 18.3 Å². The van der Waals surface area contributed by atoms with Gasteiger partial charge in [0.15, 0.2) is 0 Å². The Morgan fingerprint density at radius 3 is 2.36 bits per heavy atom. The van der Waals surface area contributed by atoms with E-state index < -0.39 is 6.10 Å². The Bertz CT molecular complexity index is 287. The summed E-state index contributed by atoms with van der Waals surface area (Å²) in [4.78, 5) is 5.33. The van der Waals surface area contributed by atoms with Gasteiger partial charge in [-0.15, -0.1) is 11.8 Å². The summed E-state index contributed by atoms with van der Waals surface area (Å²) >= 11 is 1.78. The van der Waals surface area contributed by atoms with Gasteiger partial charge in [0.1, 0.15) is 0 Å². The molecule has 1 heterocycles. The average molecular weight is 211 g/mol. The first-order chi connectivity index (χ1) is 6.38. The fourth-order valence-corrected chi connectivity index (χ4v) is 2.00. The van der Waals surface area contributed by atoms with Crippen molar-refractivity contribution in [3.63, 3.8) is 0 Å². The molecule has 1 aromatic rings. The van der Waals surface area contributed by atoms with Gasteiger partial charge in [0, 0.05) is 15.8 Å². The first kappa shape index (κ1) is 11.5. The molecular weight excluding hydrogens is 194 g/mol. The lowest BCUT2D eigenvalue weighted by molar-refractivity contribution is 0.194. The fraction of sp³-hybridized carbons (Fsp3) is 0.545. The molecule has 0 bridgehead atoms. The molecule has 1 atom stereocenters. The molecule has 0 radical (unpaired) electrons. The summed E-state index contributed by atoms with van der Waals surface area (Å²) in [6, 6.07) is 3.88. The molecule has 3 heteroatoms. The Hall–Kier alpha value is -0.540. The topological polar surface area (TPSA) is 33.1 Å². The normalized spacial score (nSPS) is 14.1. The molecule has 0 amide bonds. The number of aromatic nitrogens is 1. The monoisotopic (exact) mass is 211 g/mol. The van der Waals surface area contributed by atoms with E-state index in [9.17, 15) is 5.11 Å². The summed E-state index contributed by atoms with van der Waals surface area (Å²) < 4.78 is 0.202. The summed E-state index contributed by atoms with van der Waals surface area (Å²) in [5.41, 5.74) is 0.725. The number of rotatable bonds is 2. The van der Waals surface area contributed by atoms with E-state index in [1.54, 1.807) is 18.7 Å². The molecule has 0 aliphatic rings. The second-order valence-electron chi connectivity index (χ2n) is 4.31. The number of hydrogen-bond acceptors (Lipinski definition) is 3. The Morgan fingerprint density at radius 1 is 1.36 bits per heavy atom.